The van der Waals surface area contributed by atoms with Crippen molar-refractivity contribution in [1.82, 2.24) is 0 Å². The van der Waals surface area contributed by atoms with Crippen molar-refractivity contribution in [3.63, 3.8) is 0 Å². The second kappa shape index (κ2) is 3.85. The Kier molecular flexibility index (Phi) is 2.35. The maximum Gasteiger partial charge on any atom is 0.194 e. The van der Waals surface area contributed by atoms with Crippen LogP contribution in [-0.2, 0) is 4.74 Å². The summed E-state index contributed by atoms with van der Waals surface area (Å²) in [6, 6.07) is 13.3. The molecule has 2 heterocycles. The summed E-state index contributed by atoms with van der Waals surface area (Å²) in [4.78, 5) is 13.1. The summed E-state index contributed by atoms with van der Waals surface area (Å²) in [5.41, 5.74) is 0.728. The predicted octanol–water partition coefficient (Wildman–Crippen LogP) is 3.07. The molecule has 1 fully saturated rings. The molecule has 2 atom stereocenters. The average Bonchev–Trinajstić information content (AvgIpc) is 2.95. The summed E-state index contributed by atoms with van der Waals surface area (Å²) < 4.78 is 5.44. The lowest BCUT2D eigenvalue weighted by Gasteiger charge is -1.95. The van der Waals surface area contributed by atoms with Crippen LogP contribution >= 0.6 is 11.3 Å². The maximum atomic E-state index is 12.0. The quantitative estimate of drug-likeness (QED) is 0.599. The highest BCUT2D eigenvalue weighted by Crippen LogP contribution is 2.42. The van der Waals surface area contributed by atoms with E-state index in [1.807, 2.05) is 47.8 Å². The number of carbonyl (C=O) groups is 1. The zero-order chi connectivity index (χ0) is 11.0. The standard InChI is InChI=1S/C13H10O2S/c14-11(9-5-2-1-3-6-9)13-12(15-13)10-7-4-8-16-10/h1-8,12-13H. The fourth-order valence-electron chi connectivity index (χ4n) is 1.75. The molecule has 0 radical (unpaired) electrons. The van der Waals surface area contributed by atoms with Crippen molar-refractivity contribution in [2.45, 2.75) is 12.2 Å². The van der Waals surface area contributed by atoms with Crippen LogP contribution in [0, 0.1) is 0 Å². The summed E-state index contributed by atoms with van der Waals surface area (Å²) in [6.07, 6.45) is -0.297. The molecule has 3 rings (SSSR count). The molecule has 3 heteroatoms. The molecule has 0 spiro atoms. The average molecular weight is 230 g/mol. The van der Waals surface area contributed by atoms with Crippen molar-refractivity contribution >= 4 is 17.1 Å². The van der Waals surface area contributed by atoms with Crippen LogP contribution in [0.4, 0.5) is 0 Å². The van der Waals surface area contributed by atoms with Crippen LogP contribution in [0.1, 0.15) is 21.3 Å². The number of epoxide rings is 1. The van der Waals surface area contributed by atoms with E-state index in [4.69, 9.17) is 4.74 Å². The van der Waals surface area contributed by atoms with E-state index in [-0.39, 0.29) is 18.0 Å². The van der Waals surface area contributed by atoms with Gasteiger partial charge in [0.2, 0.25) is 0 Å². The number of ether oxygens (including phenoxy) is 1. The number of benzene rings is 1. The van der Waals surface area contributed by atoms with Gasteiger partial charge in [-0.25, -0.2) is 0 Å². The van der Waals surface area contributed by atoms with E-state index in [1.165, 1.54) is 0 Å². The molecule has 16 heavy (non-hydrogen) atoms. The van der Waals surface area contributed by atoms with Crippen LogP contribution in [0.2, 0.25) is 0 Å². The molecule has 0 bridgehead atoms. The number of carbonyl (C=O) groups excluding carboxylic acids is 1. The van der Waals surface area contributed by atoms with Crippen LogP contribution in [0.25, 0.3) is 0 Å². The largest absolute Gasteiger partial charge is 0.355 e. The summed E-state index contributed by atoms with van der Waals surface area (Å²) in [5, 5.41) is 2.00. The smallest absolute Gasteiger partial charge is 0.194 e. The van der Waals surface area contributed by atoms with Crippen LogP contribution in [0.3, 0.4) is 0 Å². The third-order valence-electron chi connectivity index (χ3n) is 2.63. The lowest BCUT2D eigenvalue weighted by Crippen LogP contribution is -2.07. The van der Waals surface area contributed by atoms with Gasteiger partial charge in [-0.3, -0.25) is 4.79 Å². The second-order valence-corrected chi connectivity index (χ2v) is 4.70. The molecule has 2 nitrogen and oxygen atoms in total. The van der Waals surface area contributed by atoms with E-state index in [2.05, 4.69) is 0 Å². The Bertz CT molecular complexity index is 490. The van der Waals surface area contributed by atoms with Crippen molar-refractivity contribution in [3.05, 3.63) is 58.3 Å². The Labute approximate surface area is 97.5 Å². The molecule has 2 unspecified atom stereocenters. The fraction of sp³-hybridized carbons (Fsp3) is 0.154. The van der Waals surface area contributed by atoms with Gasteiger partial charge >= 0.3 is 0 Å². The first-order chi connectivity index (χ1) is 7.86. The van der Waals surface area contributed by atoms with E-state index >= 15 is 0 Å². The highest BCUT2D eigenvalue weighted by molar-refractivity contribution is 7.10. The minimum Gasteiger partial charge on any atom is -0.355 e. The number of rotatable bonds is 3. The summed E-state index contributed by atoms with van der Waals surface area (Å²) in [5.74, 6) is 0.0824. The van der Waals surface area contributed by atoms with Crippen LogP contribution in [0.15, 0.2) is 47.8 Å². The lowest BCUT2D eigenvalue weighted by molar-refractivity contribution is 0.0953. The number of ketones is 1. The van der Waals surface area contributed by atoms with Gasteiger partial charge in [0.1, 0.15) is 6.10 Å². The molecule has 0 aliphatic carbocycles. The first kappa shape index (κ1) is 9.75. The van der Waals surface area contributed by atoms with E-state index in [9.17, 15) is 4.79 Å². The molecule has 0 saturated carbocycles. The van der Waals surface area contributed by atoms with E-state index < -0.39 is 0 Å². The summed E-state index contributed by atoms with van der Waals surface area (Å²) >= 11 is 1.63. The summed E-state index contributed by atoms with van der Waals surface area (Å²) in [7, 11) is 0. The number of Topliss-reactive ketones (excluding diaryl/α,β-unsaturated/α-hetero) is 1. The number of hydrogen-bond donors (Lipinski definition) is 0. The minimum absolute atomic E-state index is 0.0206. The second-order valence-electron chi connectivity index (χ2n) is 3.72. The molecule has 1 aromatic heterocycles. The van der Waals surface area contributed by atoms with Gasteiger partial charge in [-0.15, -0.1) is 11.3 Å². The Morgan fingerprint density at radius 2 is 1.94 bits per heavy atom. The minimum atomic E-state index is -0.277. The van der Waals surface area contributed by atoms with E-state index in [1.54, 1.807) is 11.3 Å². The van der Waals surface area contributed by atoms with Crippen LogP contribution < -0.4 is 0 Å². The zero-order valence-electron chi connectivity index (χ0n) is 8.50. The first-order valence-electron chi connectivity index (χ1n) is 5.14. The van der Waals surface area contributed by atoms with Gasteiger partial charge < -0.3 is 4.74 Å². The Morgan fingerprint density at radius 3 is 2.62 bits per heavy atom. The van der Waals surface area contributed by atoms with Gasteiger partial charge in [-0.05, 0) is 11.4 Å². The maximum absolute atomic E-state index is 12.0. The first-order valence-corrected chi connectivity index (χ1v) is 6.02. The molecule has 0 N–H and O–H groups in total. The molecule has 1 aromatic carbocycles. The normalized spacial score (nSPS) is 23.0. The Hall–Kier alpha value is -1.45. The molecule has 2 aromatic rings. The van der Waals surface area contributed by atoms with Crippen LogP contribution in [0.5, 0.6) is 0 Å². The number of thiophene rings is 1. The third kappa shape index (κ3) is 1.68. The van der Waals surface area contributed by atoms with E-state index in [0.717, 1.165) is 10.4 Å². The molecule has 1 aliphatic rings. The predicted molar refractivity (Wildman–Crippen MR) is 62.7 cm³/mol. The van der Waals surface area contributed by atoms with Gasteiger partial charge in [-0.2, -0.15) is 0 Å². The van der Waals surface area contributed by atoms with Gasteiger partial charge in [0.15, 0.2) is 11.9 Å². The lowest BCUT2D eigenvalue weighted by atomic mass is 10.1. The highest BCUT2D eigenvalue weighted by Gasteiger charge is 2.46. The van der Waals surface area contributed by atoms with Gasteiger partial charge in [-0.1, -0.05) is 36.4 Å². The molecular formula is C13H10O2S. The molecule has 1 saturated heterocycles. The van der Waals surface area contributed by atoms with Crippen molar-refractivity contribution in [3.8, 4) is 0 Å². The van der Waals surface area contributed by atoms with Crippen molar-refractivity contribution in [2.75, 3.05) is 0 Å². The SMILES string of the molecule is O=C(c1ccccc1)C1OC1c1cccs1. The highest BCUT2D eigenvalue weighted by atomic mass is 32.1. The van der Waals surface area contributed by atoms with Crippen molar-refractivity contribution in [1.29, 1.82) is 0 Å². The Balaban J connectivity index is 1.76. The number of hydrogen-bond acceptors (Lipinski definition) is 3. The summed E-state index contributed by atoms with van der Waals surface area (Å²) in [6.45, 7) is 0. The Morgan fingerprint density at radius 1 is 1.12 bits per heavy atom. The third-order valence-corrected chi connectivity index (χ3v) is 3.57. The van der Waals surface area contributed by atoms with Gasteiger partial charge in [0.05, 0.1) is 0 Å². The molecular weight excluding hydrogens is 220 g/mol. The molecule has 80 valence electrons. The fourth-order valence-corrected chi connectivity index (χ4v) is 2.53. The van der Waals surface area contributed by atoms with E-state index in [0.29, 0.717) is 0 Å². The van der Waals surface area contributed by atoms with Crippen molar-refractivity contribution < 1.29 is 9.53 Å². The molecule has 1 aliphatic heterocycles. The zero-order valence-corrected chi connectivity index (χ0v) is 9.31. The monoisotopic (exact) mass is 230 g/mol. The topological polar surface area (TPSA) is 29.6 Å². The van der Waals surface area contributed by atoms with Crippen molar-refractivity contribution in [2.24, 2.45) is 0 Å². The van der Waals surface area contributed by atoms with Gasteiger partial charge in [0.25, 0.3) is 0 Å². The van der Waals surface area contributed by atoms with Crippen LogP contribution in [-0.4, -0.2) is 11.9 Å². The molecule has 0 amide bonds. The van der Waals surface area contributed by atoms with Gasteiger partial charge in [0, 0.05) is 10.4 Å².